The van der Waals surface area contributed by atoms with Crippen molar-refractivity contribution in [2.45, 2.75) is 13.0 Å². The normalized spacial score (nSPS) is 19.8. The molecule has 1 aromatic carbocycles. The number of nitrogens with one attached hydrogen (secondary N) is 1. The topological polar surface area (TPSA) is 84.9 Å². The van der Waals surface area contributed by atoms with Crippen LogP contribution in [0.1, 0.15) is 12.0 Å². The minimum atomic E-state index is -0.913. The van der Waals surface area contributed by atoms with Crippen LogP contribution in [-0.4, -0.2) is 31.2 Å². The number of carboxylic acids is 1. The molecule has 6 nitrogen and oxygen atoms in total. The number of hydrogen-bond acceptors (Lipinski definition) is 4. The predicted molar refractivity (Wildman–Crippen MR) is 78.3 cm³/mol. The van der Waals surface area contributed by atoms with Crippen LogP contribution in [0.3, 0.4) is 0 Å². The van der Waals surface area contributed by atoms with E-state index in [2.05, 4.69) is 21.2 Å². The molecule has 2 N–H and O–H groups in total. The molecule has 1 amide bonds. The smallest absolute Gasteiger partial charge is 0.307 e. The van der Waals surface area contributed by atoms with Crippen LogP contribution in [0.15, 0.2) is 16.6 Å². The van der Waals surface area contributed by atoms with Crippen molar-refractivity contribution in [1.82, 2.24) is 5.32 Å². The van der Waals surface area contributed by atoms with Crippen molar-refractivity contribution in [3.63, 3.8) is 0 Å². The maximum Gasteiger partial charge on any atom is 0.307 e. The summed E-state index contributed by atoms with van der Waals surface area (Å²) >= 11 is 3.38. The molecule has 0 aliphatic heterocycles. The zero-order chi connectivity index (χ0) is 15.6. The Hall–Kier alpha value is -1.76. The van der Waals surface area contributed by atoms with E-state index in [1.165, 1.54) is 7.11 Å². The van der Waals surface area contributed by atoms with Crippen LogP contribution in [0.4, 0.5) is 0 Å². The number of amides is 1. The van der Waals surface area contributed by atoms with Crippen molar-refractivity contribution in [1.29, 1.82) is 0 Å². The fourth-order valence-corrected chi connectivity index (χ4v) is 2.80. The fraction of sp³-hybridized carbons (Fsp3) is 0.429. The van der Waals surface area contributed by atoms with Gasteiger partial charge < -0.3 is 19.9 Å². The van der Waals surface area contributed by atoms with Gasteiger partial charge in [-0.2, -0.15) is 0 Å². The van der Waals surface area contributed by atoms with Crippen LogP contribution in [0.2, 0.25) is 0 Å². The second-order valence-electron chi connectivity index (χ2n) is 4.82. The number of aliphatic carboxylic acids is 1. The zero-order valence-electron chi connectivity index (χ0n) is 11.7. The van der Waals surface area contributed by atoms with Crippen LogP contribution in [0, 0.1) is 11.8 Å². The molecule has 0 aromatic heterocycles. The van der Waals surface area contributed by atoms with E-state index in [4.69, 9.17) is 14.6 Å². The molecule has 2 rings (SSSR count). The number of carbonyl (C=O) groups is 2. The first-order chi connectivity index (χ1) is 9.97. The Morgan fingerprint density at radius 3 is 2.57 bits per heavy atom. The van der Waals surface area contributed by atoms with Gasteiger partial charge in [0, 0.05) is 6.54 Å². The van der Waals surface area contributed by atoms with Gasteiger partial charge in [-0.25, -0.2) is 0 Å². The van der Waals surface area contributed by atoms with Crippen molar-refractivity contribution in [2.75, 3.05) is 14.2 Å². The average Bonchev–Trinajstić information content (AvgIpc) is 3.24. The van der Waals surface area contributed by atoms with E-state index in [0.29, 0.717) is 24.5 Å². The first-order valence-electron chi connectivity index (χ1n) is 6.38. The van der Waals surface area contributed by atoms with Gasteiger partial charge in [-0.1, -0.05) is 0 Å². The lowest BCUT2D eigenvalue weighted by Gasteiger charge is -2.12. The van der Waals surface area contributed by atoms with Gasteiger partial charge in [0.25, 0.3) is 0 Å². The Kier molecular flexibility index (Phi) is 4.72. The largest absolute Gasteiger partial charge is 0.493 e. The van der Waals surface area contributed by atoms with Gasteiger partial charge in [-0.15, -0.1) is 0 Å². The van der Waals surface area contributed by atoms with Crippen molar-refractivity contribution in [3.05, 3.63) is 22.2 Å². The van der Waals surface area contributed by atoms with E-state index in [1.807, 2.05) is 6.07 Å². The van der Waals surface area contributed by atoms with Gasteiger partial charge in [0.15, 0.2) is 11.5 Å². The Balaban J connectivity index is 1.99. The second kappa shape index (κ2) is 6.34. The molecule has 1 aromatic rings. The Bertz CT molecular complexity index is 575. The zero-order valence-corrected chi connectivity index (χ0v) is 13.3. The van der Waals surface area contributed by atoms with Gasteiger partial charge in [-0.05, 0) is 40.0 Å². The van der Waals surface area contributed by atoms with Crippen LogP contribution < -0.4 is 14.8 Å². The second-order valence-corrected chi connectivity index (χ2v) is 5.67. The number of carbonyl (C=O) groups excluding carboxylic acids is 1. The number of benzene rings is 1. The van der Waals surface area contributed by atoms with Gasteiger partial charge in [-0.3, -0.25) is 9.59 Å². The standard InChI is InChI=1S/C14H16BrNO5/c1-20-11-4-7(3-10(15)12(11)21-2)6-16-13(17)8-5-9(8)14(18)19/h3-4,8-9H,5-6H2,1-2H3,(H,16,17)(H,18,19). The number of ether oxygens (including phenoxy) is 2. The van der Waals surface area contributed by atoms with E-state index < -0.39 is 17.8 Å². The molecule has 0 radical (unpaired) electrons. The Morgan fingerprint density at radius 2 is 2.05 bits per heavy atom. The monoisotopic (exact) mass is 357 g/mol. The lowest BCUT2D eigenvalue weighted by molar-refractivity contribution is -0.140. The summed E-state index contributed by atoms with van der Waals surface area (Å²) in [7, 11) is 3.08. The quantitative estimate of drug-likeness (QED) is 0.810. The highest BCUT2D eigenvalue weighted by Gasteiger charge is 2.48. The third-order valence-electron chi connectivity index (χ3n) is 3.40. The predicted octanol–water partition coefficient (Wildman–Crippen LogP) is 1.80. The summed E-state index contributed by atoms with van der Waals surface area (Å²) in [5.74, 6) is -0.947. The minimum Gasteiger partial charge on any atom is -0.493 e. The maximum absolute atomic E-state index is 11.8. The molecule has 0 bridgehead atoms. The molecule has 1 aliphatic carbocycles. The molecule has 21 heavy (non-hydrogen) atoms. The molecule has 7 heteroatoms. The van der Waals surface area contributed by atoms with Crippen molar-refractivity contribution in [2.24, 2.45) is 11.8 Å². The molecule has 114 valence electrons. The average molecular weight is 358 g/mol. The van der Waals surface area contributed by atoms with E-state index in [-0.39, 0.29) is 5.91 Å². The molecule has 0 saturated heterocycles. The lowest BCUT2D eigenvalue weighted by Crippen LogP contribution is -2.25. The van der Waals surface area contributed by atoms with Gasteiger partial charge in [0.1, 0.15) is 0 Å². The SMILES string of the molecule is COc1cc(CNC(=O)C2CC2C(=O)O)cc(Br)c1OC. The fourth-order valence-electron chi connectivity index (χ4n) is 2.15. The Morgan fingerprint density at radius 1 is 1.33 bits per heavy atom. The third kappa shape index (κ3) is 3.47. The summed E-state index contributed by atoms with van der Waals surface area (Å²) in [6.07, 6.45) is 0.413. The lowest BCUT2D eigenvalue weighted by atomic mass is 10.2. The highest BCUT2D eigenvalue weighted by molar-refractivity contribution is 9.10. The van der Waals surface area contributed by atoms with Gasteiger partial charge in [0.2, 0.25) is 5.91 Å². The number of carboxylic acid groups (broad SMARTS) is 1. The Labute approximate surface area is 130 Å². The number of hydrogen-bond donors (Lipinski definition) is 2. The van der Waals surface area contributed by atoms with E-state index in [9.17, 15) is 9.59 Å². The number of halogens is 1. The summed E-state index contributed by atoms with van der Waals surface area (Å²) in [6.45, 7) is 0.306. The minimum absolute atomic E-state index is 0.228. The number of methoxy groups -OCH3 is 2. The van der Waals surface area contributed by atoms with E-state index in [1.54, 1.807) is 13.2 Å². The van der Waals surface area contributed by atoms with E-state index in [0.717, 1.165) is 10.0 Å². The van der Waals surface area contributed by atoms with Crippen LogP contribution >= 0.6 is 15.9 Å². The van der Waals surface area contributed by atoms with Crippen molar-refractivity contribution >= 4 is 27.8 Å². The molecule has 2 atom stereocenters. The highest BCUT2D eigenvalue weighted by atomic mass is 79.9. The van der Waals surface area contributed by atoms with Crippen molar-refractivity contribution in [3.8, 4) is 11.5 Å². The molecule has 1 saturated carbocycles. The summed E-state index contributed by atoms with van der Waals surface area (Å²) in [6, 6.07) is 3.59. The molecular formula is C14H16BrNO5. The summed E-state index contributed by atoms with van der Waals surface area (Å²) in [5.41, 5.74) is 0.834. The van der Waals surface area contributed by atoms with E-state index >= 15 is 0 Å². The number of rotatable bonds is 6. The molecule has 1 fully saturated rings. The first-order valence-corrected chi connectivity index (χ1v) is 7.18. The molecule has 0 heterocycles. The maximum atomic E-state index is 11.8. The third-order valence-corrected chi connectivity index (χ3v) is 3.99. The van der Waals surface area contributed by atoms with Crippen LogP contribution in [0.5, 0.6) is 11.5 Å². The molecular weight excluding hydrogens is 342 g/mol. The first kappa shape index (κ1) is 15.6. The summed E-state index contributed by atoms with van der Waals surface area (Å²) in [5, 5.41) is 11.5. The molecule has 0 spiro atoms. The van der Waals surface area contributed by atoms with Gasteiger partial charge in [0.05, 0.1) is 30.5 Å². The summed E-state index contributed by atoms with van der Waals surface area (Å²) in [4.78, 5) is 22.5. The van der Waals surface area contributed by atoms with Crippen LogP contribution in [-0.2, 0) is 16.1 Å². The molecule has 1 aliphatic rings. The van der Waals surface area contributed by atoms with Crippen LogP contribution in [0.25, 0.3) is 0 Å². The van der Waals surface area contributed by atoms with Crippen molar-refractivity contribution < 1.29 is 24.2 Å². The molecule has 2 unspecified atom stereocenters. The summed E-state index contributed by atoms with van der Waals surface area (Å²) < 4.78 is 11.2. The highest BCUT2D eigenvalue weighted by Crippen LogP contribution is 2.39. The van der Waals surface area contributed by atoms with Gasteiger partial charge >= 0.3 is 5.97 Å².